The van der Waals surface area contributed by atoms with Crippen LogP contribution in [0.15, 0.2) is 11.7 Å². The molecular formula is C9H14N2O2S. The van der Waals surface area contributed by atoms with Crippen LogP contribution in [-0.4, -0.2) is 23.6 Å². The Morgan fingerprint density at radius 3 is 3.07 bits per heavy atom. The van der Waals surface area contributed by atoms with Crippen LogP contribution < -0.4 is 5.32 Å². The maximum atomic E-state index is 11.2. The molecule has 4 nitrogen and oxygen atoms in total. The lowest BCUT2D eigenvalue weighted by atomic mass is 10.5. The number of rotatable bonds is 5. The molecule has 0 aliphatic rings. The number of thiazole rings is 1. The highest BCUT2D eigenvalue weighted by Crippen LogP contribution is 2.03. The van der Waals surface area contributed by atoms with Crippen molar-refractivity contribution < 1.29 is 9.53 Å². The van der Waals surface area contributed by atoms with Gasteiger partial charge in [-0.2, -0.15) is 0 Å². The van der Waals surface area contributed by atoms with Crippen molar-refractivity contribution in [3.8, 4) is 0 Å². The Kier molecular flexibility index (Phi) is 4.55. The molecule has 0 fully saturated rings. The smallest absolute Gasteiger partial charge is 0.246 e. The molecule has 1 aromatic rings. The lowest BCUT2D eigenvalue weighted by molar-refractivity contribution is -0.127. The summed E-state index contributed by atoms with van der Waals surface area (Å²) in [5.41, 5.74) is 1.74. The molecule has 0 spiro atoms. The number of nitrogens with one attached hydrogen (secondary N) is 1. The van der Waals surface area contributed by atoms with E-state index in [1.807, 2.05) is 13.8 Å². The standard InChI is InChI=1S/C9H14N2O2S/c1-7(2)13-5-9(12)11-4-8-3-10-6-14-8/h3,6-7H,4-5H2,1-2H3,(H,11,12). The monoisotopic (exact) mass is 214 g/mol. The van der Waals surface area contributed by atoms with Crippen LogP contribution >= 0.6 is 11.3 Å². The number of hydrogen-bond donors (Lipinski definition) is 1. The van der Waals surface area contributed by atoms with E-state index in [9.17, 15) is 4.79 Å². The van der Waals surface area contributed by atoms with Gasteiger partial charge in [0.05, 0.1) is 18.2 Å². The second-order valence-electron chi connectivity index (χ2n) is 3.10. The SMILES string of the molecule is CC(C)OCC(=O)NCc1cncs1. The molecule has 14 heavy (non-hydrogen) atoms. The minimum absolute atomic E-state index is 0.0872. The highest BCUT2D eigenvalue weighted by atomic mass is 32.1. The number of carbonyl (C=O) groups is 1. The first-order valence-corrected chi connectivity index (χ1v) is 5.32. The fraction of sp³-hybridized carbons (Fsp3) is 0.556. The third-order valence-corrected chi connectivity index (χ3v) is 2.27. The summed E-state index contributed by atoms with van der Waals surface area (Å²) in [7, 11) is 0. The van der Waals surface area contributed by atoms with Crippen molar-refractivity contribution in [1.82, 2.24) is 10.3 Å². The summed E-state index contributed by atoms with van der Waals surface area (Å²) in [6.45, 7) is 4.45. The van der Waals surface area contributed by atoms with Crippen LogP contribution in [0.1, 0.15) is 18.7 Å². The first-order chi connectivity index (χ1) is 6.68. The highest BCUT2D eigenvalue weighted by molar-refractivity contribution is 7.09. The molecule has 0 radical (unpaired) electrons. The van der Waals surface area contributed by atoms with E-state index in [1.165, 1.54) is 11.3 Å². The Hall–Kier alpha value is -0.940. The minimum Gasteiger partial charge on any atom is -0.369 e. The largest absolute Gasteiger partial charge is 0.369 e. The number of carbonyl (C=O) groups excluding carboxylic acids is 1. The van der Waals surface area contributed by atoms with Crippen molar-refractivity contribution in [2.24, 2.45) is 0 Å². The lowest BCUT2D eigenvalue weighted by Crippen LogP contribution is -2.28. The first-order valence-electron chi connectivity index (χ1n) is 4.44. The van der Waals surface area contributed by atoms with Crippen molar-refractivity contribution in [2.45, 2.75) is 26.5 Å². The predicted octanol–water partition coefficient (Wildman–Crippen LogP) is 1.18. The second-order valence-corrected chi connectivity index (χ2v) is 4.08. The van der Waals surface area contributed by atoms with Crippen molar-refractivity contribution in [1.29, 1.82) is 0 Å². The quantitative estimate of drug-likeness (QED) is 0.801. The molecule has 1 aromatic heterocycles. The summed E-state index contributed by atoms with van der Waals surface area (Å²) in [5, 5.41) is 2.75. The summed E-state index contributed by atoms with van der Waals surface area (Å²) >= 11 is 1.52. The van der Waals surface area contributed by atoms with Gasteiger partial charge in [0.2, 0.25) is 5.91 Å². The molecule has 0 aromatic carbocycles. The molecule has 5 heteroatoms. The van der Waals surface area contributed by atoms with E-state index in [0.29, 0.717) is 6.54 Å². The van der Waals surface area contributed by atoms with Gasteiger partial charge in [0.25, 0.3) is 0 Å². The topological polar surface area (TPSA) is 51.2 Å². The van der Waals surface area contributed by atoms with E-state index in [2.05, 4.69) is 10.3 Å². The molecule has 0 saturated heterocycles. The van der Waals surface area contributed by atoms with Gasteiger partial charge in [0.15, 0.2) is 0 Å². The third kappa shape index (κ3) is 4.34. The first kappa shape index (κ1) is 11.1. The van der Waals surface area contributed by atoms with E-state index in [4.69, 9.17) is 4.74 Å². The lowest BCUT2D eigenvalue weighted by Gasteiger charge is -2.07. The molecule has 1 heterocycles. The van der Waals surface area contributed by atoms with Gasteiger partial charge in [-0.05, 0) is 13.8 Å². The maximum absolute atomic E-state index is 11.2. The molecule has 0 bridgehead atoms. The van der Waals surface area contributed by atoms with E-state index < -0.39 is 0 Å². The zero-order valence-electron chi connectivity index (χ0n) is 8.32. The van der Waals surface area contributed by atoms with Crippen molar-refractivity contribution in [3.63, 3.8) is 0 Å². The van der Waals surface area contributed by atoms with Gasteiger partial charge in [-0.25, -0.2) is 0 Å². The van der Waals surface area contributed by atoms with Crippen LogP contribution in [-0.2, 0) is 16.1 Å². The van der Waals surface area contributed by atoms with E-state index in [-0.39, 0.29) is 18.6 Å². The van der Waals surface area contributed by atoms with Gasteiger partial charge >= 0.3 is 0 Å². The summed E-state index contributed by atoms with van der Waals surface area (Å²) in [5.74, 6) is -0.0906. The molecule has 0 aliphatic heterocycles. The summed E-state index contributed by atoms with van der Waals surface area (Å²) < 4.78 is 5.15. The fourth-order valence-corrected chi connectivity index (χ4v) is 1.34. The molecule has 1 N–H and O–H groups in total. The molecule has 78 valence electrons. The van der Waals surface area contributed by atoms with Crippen LogP contribution in [0.4, 0.5) is 0 Å². The molecule has 0 unspecified atom stereocenters. The Labute approximate surface area is 87.3 Å². The highest BCUT2D eigenvalue weighted by Gasteiger charge is 2.03. The van der Waals surface area contributed by atoms with E-state index in [1.54, 1.807) is 11.7 Å². The average Bonchev–Trinajstić information content (AvgIpc) is 2.63. The molecule has 1 amide bonds. The normalized spacial score (nSPS) is 10.5. The molecule has 0 saturated carbocycles. The summed E-state index contributed by atoms with van der Waals surface area (Å²) in [6, 6.07) is 0. The van der Waals surface area contributed by atoms with Gasteiger partial charge in [-0.1, -0.05) is 0 Å². The number of nitrogens with zero attached hydrogens (tertiary/aromatic N) is 1. The second kappa shape index (κ2) is 5.72. The van der Waals surface area contributed by atoms with Crippen LogP contribution in [0.5, 0.6) is 0 Å². The maximum Gasteiger partial charge on any atom is 0.246 e. The van der Waals surface area contributed by atoms with Crippen LogP contribution in [0.3, 0.4) is 0 Å². The van der Waals surface area contributed by atoms with Gasteiger partial charge < -0.3 is 10.1 Å². The summed E-state index contributed by atoms with van der Waals surface area (Å²) in [6.07, 6.45) is 1.83. The van der Waals surface area contributed by atoms with Crippen LogP contribution in [0.25, 0.3) is 0 Å². The Morgan fingerprint density at radius 2 is 2.50 bits per heavy atom. The van der Waals surface area contributed by atoms with E-state index >= 15 is 0 Å². The van der Waals surface area contributed by atoms with Crippen LogP contribution in [0, 0.1) is 0 Å². The van der Waals surface area contributed by atoms with Gasteiger partial charge in [-0.3, -0.25) is 9.78 Å². The zero-order valence-corrected chi connectivity index (χ0v) is 9.13. The Balaban J connectivity index is 2.15. The van der Waals surface area contributed by atoms with Crippen LogP contribution in [0.2, 0.25) is 0 Å². The summed E-state index contributed by atoms with van der Waals surface area (Å²) in [4.78, 5) is 16.1. The minimum atomic E-state index is -0.0906. The fourth-order valence-electron chi connectivity index (χ4n) is 0.809. The van der Waals surface area contributed by atoms with Gasteiger partial charge in [0.1, 0.15) is 6.61 Å². The van der Waals surface area contributed by atoms with Crippen molar-refractivity contribution >= 4 is 17.2 Å². The Bertz CT molecular complexity index is 272. The molecule has 1 rings (SSSR count). The number of amides is 1. The van der Waals surface area contributed by atoms with Gasteiger partial charge in [0, 0.05) is 11.1 Å². The number of ether oxygens (including phenoxy) is 1. The van der Waals surface area contributed by atoms with E-state index in [0.717, 1.165) is 4.88 Å². The number of hydrogen-bond acceptors (Lipinski definition) is 4. The third-order valence-electron chi connectivity index (χ3n) is 1.49. The molecular weight excluding hydrogens is 200 g/mol. The van der Waals surface area contributed by atoms with Gasteiger partial charge in [-0.15, -0.1) is 11.3 Å². The predicted molar refractivity (Wildman–Crippen MR) is 55.0 cm³/mol. The zero-order chi connectivity index (χ0) is 10.4. The molecule has 0 atom stereocenters. The van der Waals surface area contributed by atoms with Crippen molar-refractivity contribution in [2.75, 3.05) is 6.61 Å². The molecule has 0 aliphatic carbocycles. The Morgan fingerprint density at radius 1 is 1.71 bits per heavy atom. The number of aromatic nitrogens is 1. The average molecular weight is 214 g/mol. The van der Waals surface area contributed by atoms with Crippen molar-refractivity contribution in [3.05, 3.63) is 16.6 Å².